The third-order valence-electron chi connectivity index (χ3n) is 2.27. The van der Waals surface area contributed by atoms with Gasteiger partial charge >= 0.3 is 0 Å². The van der Waals surface area contributed by atoms with Gasteiger partial charge in [-0.3, -0.25) is 4.98 Å². The van der Waals surface area contributed by atoms with Crippen LogP contribution in [-0.2, 0) is 0 Å². The molecule has 0 amide bonds. The van der Waals surface area contributed by atoms with Crippen LogP contribution in [0.3, 0.4) is 0 Å². The highest BCUT2D eigenvalue weighted by atomic mass is 15.1. The Kier molecular flexibility index (Phi) is 2.99. The van der Waals surface area contributed by atoms with Crippen LogP contribution < -0.4 is 5.73 Å². The maximum atomic E-state index is 5.74. The van der Waals surface area contributed by atoms with E-state index < -0.39 is 0 Å². The molecular weight excluding hydrogens is 188 g/mol. The summed E-state index contributed by atoms with van der Waals surface area (Å²) in [6.45, 7) is 0.504. The van der Waals surface area contributed by atoms with Gasteiger partial charge in [-0.05, 0) is 23.8 Å². The molecule has 2 aromatic rings. The van der Waals surface area contributed by atoms with Crippen molar-refractivity contribution in [3.8, 4) is 0 Å². The molecule has 0 radical (unpaired) electrons. The van der Waals surface area contributed by atoms with Gasteiger partial charge in [-0.1, -0.05) is 6.07 Å². The van der Waals surface area contributed by atoms with Gasteiger partial charge in [0.25, 0.3) is 0 Å². The maximum absolute atomic E-state index is 5.74. The highest BCUT2D eigenvalue weighted by molar-refractivity contribution is 5.25. The fourth-order valence-corrected chi connectivity index (χ4v) is 1.51. The summed E-state index contributed by atoms with van der Waals surface area (Å²) in [5, 5.41) is 7.92. The molecule has 1 unspecified atom stereocenters. The van der Waals surface area contributed by atoms with Crippen LogP contribution in [0.2, 0.25) is 0 Å². The normalized spacial score (nSPS) is 12.3. The van der Waals surface area contributed by atoms with Crippen molar-refractivity contribution in [3.63, 3.8) is 0 Å². The molecule has 4 heteroatoms. The van der Waals surface area contributed by atoms with Gasteiger partial charge in [-0.2, -0.15) is 10.2 Å². The molecule has 15 heavy (non-hydrogen) atoms. The Morgan fingerprint density at radius 3 is 2.67 bits per heavy atom. The molecule has 0 saturated carbocycles. The van der Waals surface area contributed by atoms with Crippen molar-refractivity contribution in [1.82, 2.24) is 15.2 Å². The van der Waals surface area contributed by atoms with Gasteiger partial charge < -0.3 is 5.73 Å². The van der Waals surface area contributed by atoms with Crippen molar-refractivity contribution >= 4 is 0 Å². The number of rotatable bonds is 3. The molecule has 0 aliphatic rings. The van der Waals surface area contributed by atoms with Gasteiger partial charge in [0, 0.05) is 31.1 Å². The van der Waals surface area contributed by atoms with Crippen molar-refractivity contribution < 1.29 is 0 Å². The predicted octanol–water partition coefficient (Wildman–Crippen LogP) is 0.962. The Morgan fingerprint density at radius 1 is 1.20 bits per heavy atom. The summed E-state index contributed by atoms with van der Waals surface area (Å²) in [6, 6.07) is 7.69. The van der Waals surface area contributed by atoms with Crippen LogP contribution in [0.25, 0.3) is 0 Å². The topological polar surface area (TPSA) is 64.7 Å². The Bertz CT molecular complexity index is 362. The smallest absolute Gasteiger partial charge is 0.0719 e. The van der Waals surface area contributed by atoms with E-state index in [0.717, 1.165) is 11.3 Å². The van der Waals surface area contributed by atoms with E-state index in [1.165, 1.54) is 0 Å². The van der Waals surface area contributed by atoms with E-state index in [2.05, 4.69) is 15.2 Å². The predicted molar refractivity (Wildman–Crippen MR) is 57.2 cm³/mol. The fraction of sp³-hybridized carbons (Fsp3) is 0.182. The monoisotopic (exact) mass is 200 g/mol. The zero-order chi connectivity index (χ0) is 10.5. The van der Waals surface area contributed by atoms with E-state index in [1.54, 1.807) is 12.4 Å². The Balaban J connectivity index is 2.34. The third-order valence-corrected chi connectivity index (χ3v) is 2.27. The average molecular weight is 200 g/mol. The summed E-state index contributed by atoms with van der Waals surface area (Å²) < 4.78 is 0. The van der Waals surface area contributed by atoms with Gasteiger partial charge in [0.15, 0.2) is 0 Å². The van der Waals surface area contributed by atoms with Crippen molar-refractivity contribution in [1.29, 1.82) is 0 Å². The van der Waals surface area contributed by atoms with E-state index in [-0.39, 0.29) is 5.92 Å². The van der Waals surface area contributed by atoms with Crippen LogP contribution in [0.4, 0.5) is 0 Å². The van der Waals surface area contributed by atoms with E-state index in [9.17, 15) is 0 Å². The highest BCUT2D eigenvalue weighted by Gasteiger charge is 2.13. The zero-order valence-electron chi connectivity index (χ0n) is 8.24. The van der Waals surface area contributed by atoms with E-state index in [1.807, 2.05) is 30.5 Å². The summed E-state index contributed by atoms with van der Waals surface area (Å²) in [5.41, 5.74) is 7.69. The molecule has 0 spiro atoms. The van der Waals surface area contributed by atoms with Crippen molar-refractivity contribution in [2.24, 2.45) is 5.73 Å². The zero-order valence-corrected chi connectivity index (χ0v) is 8.24. The maximum Gasteiger partial charge on any atom is 0.0719 e. The second kappa shape index (κ2) is 4.61. The van der Waals surface area contributed by atoms with Gasteiger partial charge in [-0.25, -0.2) is 0 Å². The van der Waals surface area contributed by atoms with Gasteiger partial charge in [0.05, 0.1) is 5.69 Å². The minimum atomic E-state index is 0.0763. The first-order valence-electron chi connectivity index (χ1n) is 4.79. The average Bonchev–Trinajstić information content (AvgIpc) is 2.33. The molecule has 0 fully saturated rings. The van der Waals surface area contributed by atoms with Gasteiger partial charge in [-0.15, -0.1) is 0 Å². The first kappa shape index (κ1) is 9.73. The molecule has 4 nitrogen and oxygen atoms in total. The Hall–Kier alpha value is -1.81. The summed E-state index contributed by atoms with van der Waals surface area (Å²) in [4.78, 5) is 4.08. The van der Waals surface area contributed by atoms with Crippen molar-refractivity contribution in [3.05, 3.63) is 54.1 Å². The molecule has 0 aliphatic heterocycles. The number of hydrogen-bond donors (Lipinski definition) is 1. The van der Waals surface area contributed by atoms with E-state index in [4.69, 9.17) is 5.73 Å². The summed E-state index contributed by atoms with van der Waals surface area (Å²) in [7, 11) is 0. The molecule has 0 aliphatic carbocycles. The number of hydrogen-bond acceptors (Lipinski definition) is 4. The second-order valence-corrected chi connectivity index (χ2v) is 3.22. The summed E-state index contributed by atoms with van der Waals surface area (Å²) in [5.74, 6) is 0.0763. The molecule has 2 heterocycles. The van der Waals surface area contributed by atoms with E-state index in [0.29, 0.717) is 6.54 Å². The van der Waals surface area contributed by atoms with Crippen LogP contribution in [0.15, 0.2) is 42.9 Å². The molecule has 2 N–H and O–H groups in total. The molecule has 2 aromatic heterocycles. The number of aromatic nitrogens is 3. The van der Waals surface area contributed by atoms with E-state index >= 15 is 0 Å². The number of pyridine rings is 1. The van der Waals surface area contributed by atoms with Crippen LogP contribution in [0.5, 0.6) is 0 Å². The van der Waals surface area contributed by atoms with Gasteiger partial charge in [0.2, 0.25) is 0 Å². The second-order valence-electron chi connectivity index (χ2n) is 3.22. The summed E-state index contributed by atoms with van der Waals surface area (Å²) in [6.07, 6.45) is 5.21. The molecule has 0 bridgehead atoms. The number of nitrogens with two attached hydrogens (primary N) is 1. The first-order chi connectivity index (χ1) is 7.42. The van der Waals surface area contributed by atoms with Crippen LogP contribution in [0, 0.1) is 0 Å². The minimum absolute atomic E-state index is 0.0763. The molecular formula is C11H12N4. The third kappa shape index (κ3) is 2.16. The van der Waals surface area contributed by atoms with Gasteiger partial charge in [0.1, 0.15) is 0 Å². The standard InChI is InChI=1S/C11H12N4/c12-7-10(9-3-1-5-13-8-9)11-4-2-6-14-15-11/h1-6,8,10H,7,12H2. The lowest BCUT2D eigenvalue weighted by atomic mass is 9.97. The largest absolute Gasteiger partial charge is 0.329 e. The lowest BCUT2D eigenvalue weighted by Crippen LogP contribution is -2.15. The van der Waals surface area contributed by atoms with Crippen molar-refractivity contribution in [2.45, 2.75) is 5.92 Å². The lowest BCUT2D eigenvalue weighted by molar-refractivity contribution is 0.757. The van der Waals surface area contributed by atoms with Crippen LogP contribution in [-0.4, -0.2) is 21.7 Å². The fourth-order valence-electron chi connectivity index (χ4n) is 1.51. The SMILES string of the molecule is NCC(c1cccnc1)c1cccnn1. The molecule has 76 valence electrons. The lowest BCUT2D eigenvalue weighted by Gasteiger charge is -2.12. The molecule has 1 atom stereocenters. The van der Waals surface area contributed by atoms with Crippen LogP contribution >= 0.6 is 0 Å². The highest BCUT2D eigenvalue weighted by Crippen LogP contribution is 2.19. The Morgan fingerprint density at radius 2 is 2.07 bits per heavy atom. The van der Waals surface area contributed by atoms with Crippen LogP contribution in [0.1, 0.15) is 17.2 Å². The summed E-state index contributed by atoms with van der Waals surface area (Å²) >= 11 is 0. The van der Waals surface area contributed by atoms with Crippen molar-refractivity contribution in [2.75, 3.05) is 6.54 Å². The quantitative estimate of drug-likeness (QED) is 0.801. The molecule has 0 aromatic carbocycles. The number of nitrogens with zero attached hydrogens (tertiary/aromatic N) is 3. The minimum Gasteiger partial charge on any atom is -0.329 e. The molecule has 0 saturated heterocycles. The first-order valence-corrected chi connectivity index (χ1v) is 4.79. The Labute approximate surface area is 88.2 Å². The molecule has 2 rings (SSSR count).